The van der Waals surface area contributed by atoms with Gasteiger partial charge in [-0.3, -0.25) is 0 Å². The zero-order valence-corrected chi connectivity index (χ0v) is 12.9. The van der Waals surface area contributed by atoms with Crippen LogP contribution < -0.4 is 5.32 Å². The summed E-state index contributed by atoms with van der Waals surface area (Å²) in [6.07, 6.45) is 1.88. The molecule has 1 aromatic rings. The molecule has 0 bridgehead atoms. The van der Waals surface area contributed by atoms with Crippen LogP contribution in [-0.2, 0) is 4.74 Å². The van der Waals surface area contributed by atoms with E-state index in [1.54, 1.807) is 0 Å². The monoisotopic (exact) mass is 277 g/mol. The number of nitrogens with one attached hydrogen (secondary N) is 1. The molecule has 0 aromatic heterocycles. The van der Waals surface area contributed by atoms with Gasteiger partial charge in [-0.05, 0) is 39.2 Å². The van der Waals surface area contributed by atoms with E-state index in [1.807, 2.05) is 0 Å². The van der Waals surface area contributed by atoms with E-state index in [-0.39, 0.29) is 12.0 Å². The molecule has 2 N–H and O–H groups in total. The van der Waals surface area contributed by atoms with Gasteiger partial charge in [0.25, 0.3) is 0 Å². The smallest absolute Gasteiger partial charge is 0.0501 e. The number of hydrogen-bond acceptors (Lipinski definition) is 3. The van der Waals surface area contributed by atoms with Gasteiger partial charge in [-0.2, -0.15) is 0 Å². The first-order valence-electron chi connectivity index (χ1n) is 7.55. The Morgan fingerprint density at radius 3 is 2.35 bits per heavy atom. The summed E-state index contributed by atoms with van der Waals surface area (Å²) in [6.45, 7) is 9.08. The van der Waals surface area contributed by atoms with E-state index in [4.69, 9.17) is 4.74 Å². The lowest BCUT2D eigenvalue weighted by Gasteiger charge is -2.36. The lowest BCUT2D eigenvalue weighted by molar-refractivity contribution is -0.0163. The third kappa shape index (κ3) is 3.81. The lowest BCUT2D eigenvalue weighted by atomic mass is 9.80. The summed E-state index contributed by atoms with van der Waals surface area (Å²) in [5.41, 5.74) is 3.92. The average Bonchev–Trinajstić information content (AvgIpc) is 2.45. The van der Waals surface area contributed by atoms with E-state index >= 15 is 0 Å². The molecule has 0 radical (unpaired) electrons. The molecule has 0 aliphatic carbocycles. The van der Waals surface area contributed by atoms with E-state index in [0.29, 0.717) is 6.04 Å². The number of aliphatic hydroxyl groups excluding tert-OH is 1. The van der Waals surface area contributed by atoms with Crippen molar-refractivity contribution in [3.63, 3.8) is 0 Å². The number of aliphatic hydroxyl groups is 1. The van der Waals surface area contributed by atoms with E-state index < -0.39 is 0 Å². The van der Waals surface area contributed by atoms with E-state index in [9.17, 15) is 5.11 Å². The summed E-state index contributed by atoms with van der Waals surface area (Å²) < 4.78 is 5.41. The highest BCUT2D eigenvalue weighted by molar-refractivity contribution is 5.30. The highest BCUT2D eigenvalue weighted by atomic mass is 16.5. The molecule has 1 heterocycles. The summed E-state index contributed by atoms with van der Waals surface area (Å²) in [5, 5.41) is 13.3. The maximum Gasteiger partial charge on any atom is 0.0501 e. The van der Waals surface area contributed by atoms with Crippen LogP contribution in [0, 0.1) is 19.3 Å². The Bertz CT molecular complexity index is 418. The molecule has 1 saturated heterocycles. The molecule has 1 fully saturated rings. The van der Waals surface area contributed by atoms with Crippen LogP contribution in [0.25, 0.3) is 0 Å². The zero-order valence-electron chi connectivity index (χ0n) is 12.9. The Kier molecular flexibility index (Phi) is 5.19. The lowest BCUT2D eigenvalue weighted by Crippen LogP contribution is -2.42. The van der Waals surface area contributed by atoms with Crippen molar-refractivity contribution in [3.05, 3.63) is 34.9 Å². The zero-order chi connectivity index (χ0) is 14.6. The van der Waals surface area contributed by atoms with Gasteiger partial charge in [0, 0.05) is 31.2 Å². The summed E-state index contributed by atoms with van der Waals surface area (Å²) in [6, 6.07) is 6.98. The van der Waals surface area contributed by atoms with Gasteiger partial charge in [0.15, 0.2) is 0 Å². The maximum atomic E-state index is 9.72. The number of aryl methyl sites for hydroxylation is 2. The van der Waals surface area contributed by atoms with Gasteiger partial charge in [-0.25, -0.2) is 0 Å². The van der Waals surface area contributed by atoms with Gasteiger partial charge < -0.3 is 15.2 Å². The summed E-state index contributed by atoms with van der Waals surface area (Å²) in [7, 11) is 0. The Hall–Kier alpha value is -0.900. The quantitative estimate of drug-likeness (QED) is 0.869. The first-order chi connectivity index (χ1) is 9.54. The van der Waals surface area contributed by atoms with Crippen molar-refractivity contribution in [2.24, 2.45) is 5.41 Å². The Morgan fingerprint density at radius 2 is 1.80 bits per heavy atom. The number of hydrogen-bond donors (Lipinski definition) is 2. The molecule has 1 unspecified atom stereocenters. The Balaban J connectivity index is 1.98. The fourth-order valence-corrected chi connectivity index (χ4v) is 2.94. The van der Waals surface area contributed by atoms with Crippen molar-refractivity contribution >= 4 is 0 Å². The predicted molar refractivity (Wildman–Crippen MR) is 81.9 cm³/mol. The van der Waals surface area contributed by atoms with Crippen LogP contribution in [0.15, 0.2) is 18.2 Å². The third-order valence-electron chi connectivity index (χ3n) is 4.42. The van der Waals surface area contributed by atoms with Gasteiger partial charge in [-0.15, -0.1) is 0 Å². The SMILES string of the molecule is Cc1cc(C)cc(C(C)NCC2(CO)CCOCC2)c1. The molecular weight excluding hydrogens is 250 g/mol. The summed E-state index contributed by atoms with van der Waals surface area (Å²) in [4.78, 5) is 0. The minimum atomic E-state index is -0.00855. The number of rotatable bonds is 5. The second-order valence-electron chi connectivity index (χ2n) is 6.29. The molecule has 1 aromatic carbocycles. The molecule has 0 amide bonds. The van der Waals surface area contributed by atoms with Crippen LogP contribution in [0.2, 0.25) is 0 Å². The van der Waals surface area contributed by atoms with E-state index in [0.717, 1.165) is 32.6 Å². The normalized spacial score (nSPS) is 19.8. The van der Waals surface area contributed by atoms with Crippen molar-refractivity contribution in [1.29, 1.82) is 0 Å². The van der Waals surface area contributed by atoms with Crippen LogP contribution in [0.5, 0.6) is 0 Å². The van der Waals surface area contributed by atoms with Crippen LogP contribution >= 0.6 is 0 Å². The molecule has 112 valence electrons. The van der Waals surface area contributed by atoms with Crippen molar-refractivity contribution in [3.8, 4) is 0 Å². The van der Waals surface area contributed by atoms with Crippen molar-refractivity contribution < 1.29 is 9.84 Å². The third-order valence-corrected chi connectivity index (χ3v) is 4.42. The van der Waals surface area contributed by atoms with Crippen LogP contribution in [-0.4, -0.2) is 31.5 Å². The van der Waals surface area contributed by atoms with E-state index in [2.05, 4.69) is 44.3 Å². The number of benzene rings is 1. The van der Waals surface area contributed by atoms with Crippen molar-refractivity contribution in [2.75, 3.05) is 26.4 Å². The van der Waals surface area contributed by atoms with Gasteiger partial charge in [0.2, 0.25) is 0 Å². The predicted octanol–water partition coefficient (Wildman–Crippen LogP) is 2.74. The van der Waals surface area contributed by atoms with E-state index in [1.165, 1.54) is 16.7 Å². The molecule has 1 atom stereocenters. The minimum absolute atomic E-state index is 0.00855. The molecule has 2 rings (SSSR count). The van der Waals surface area contributed by atoms with Gasteiger partial charge in [0.05, 0.1) is 6.61 Å². The van der Waals surface area contributed by atoms with Crippen LogP contribution in [0.3, 0.4) is 0 Å². The Labute approximate surface area is 122 Å². The second-order valence-corrected chi connectivity index (χ2v) is 6.29. The summed E-state index contributed by atoms with van der Waals surface area (Å²) in [5.74, 6) is 0. The number of ether oxygens (including phenoxy) is 1. The van der Waals surface area contributed by atoms with Gasteiger partial charge in [-0.1, -0.05) is 29.3 Å². The molecule has 3 nitrogen and oxygen atoms in total. The van der Waals surface area contributed by atoms with Crippen molar-refractivity contribution in [1.82, 2.24) is 5.32 Å². The highest BCUT2D eigenvalue weighted by Crippen LogP contribution is 2.30. The minimum Gasteiger partial charge on any atom is -0.396 e. The first-order valence-corrected chi connectivity index (χ1v) is 7.55. The molecule has 1 aliphatic rings. The molecule has 0 saturated carbocycles. The molecule has 1 aliphatic heterocycles. The second kappa shape index (κ2) is 6.70. The standard InChI is InChI=1S/C17H27NO2/c1-13-8-14(2)10-16(9-13)15(3)18-11-17(12-19)4-6-20-7-5-17/h8-10,15,18-19H,4-7,11-12H2,1-3H3. The van der Waals surface area contributed by atoms with Gasteiger partial charge in [0.1, 0.15) is 0 Å². The fraction of sp³-hybridized carbons (Fsp3) is 0.647. The van der Waals surface area contributed by atoms with Crippen molar-refractivity contribution in [2.45, 2.75) is 39.7 Å². The fourth-order valence-electron chi connectivity index (χ4n) is 2.94. The largest absolute Gasteiger partial charge is 0.396 e. The first kappa shape index (κ1) is 15.5. The average molecular weight is 277 g/mol. The molecular formula is C17H27NO2. The summed E-state index contributed by atoms with van der Waals surface area (Å²) >= 11 is 0. The molecule has 20 heavy (non-hydrogen) atoms. The highest BCUT2D eigenvalue weighted by Gasteiger charge is 2.32. The molecule has 0 spiro atoms. The Morgan fingerprint density at radius 1 is 1.20 bits per heavy atom. The van der Waals surface area contributed by atoms with Crippen LogP contribution in [0.4, 0.5) is 0 Å². The molecule has 3 heteroatoms. The maximum absolute atomic E-state index is 9.72. The topological polar surface area (TPSA) is 41.5 Å². The van der Waals surface area contributed by atoms with Gasteiger partial charge >= 0.3 is 0 Å². The van der Waals surface area contributed by atoms with Crippen LogP contribution in [0.1, 0.15) is 42.5 Å².